The van der Waals surface area contributed by atoms with Crippen molar-refractivity contribution in [2.45, 2.75) is 24.4 Å². The number of sulfonamides is 1. The summed E-state index contributed by atoms with van der Waals surface area (Å²) in [6, 6.07) is 9.87. The van der Waals surface area contributed by atoms with Gasteiger partial charge in [0.15, 0.2) is 0 Å². The number of anilines is 1. The van der Waals surface area contributed by atoms with E-state index < -0.39 is 16.1 Å². The quantitative estimate of drug-likeness (QED) is 0.736. The molecule has 0 aliphatic carbocycles. The summed E-state index contributed by atoms with van der Waals surface area (Å²) in [5.74, 6) is -0.622. The summed E-state index contributed by atoms with van der Waals surface area (Å²) in [7, 11) is 0.850. The molecule has 152 valence electrons. The lowest BCUT2D eigenvalue weighted by Crippen LogP contribution is -2.39. The summed E-state index contributed by atoms with van der Waals surface area (Å²) in [5.41, 5.74) is 1.20. The van der Waals surface area contributed by atoms with Crippen molar-refractivity contribution in [3.05, 3.63) is 58.9 Å². The lowest BCUT2D eigenvalue weighted by atomic mass is 10.2. The van der Waals surface area contributed by atoms with Gasteiger partial charge in [0.25, 0.3) is 0 Å². The van der Waals surface area contributed by atoms with E-state index in [0.29, 0.717) is 12.2 Å². The van der Waals surface area contributed by atoms with Crippen molar-refractivity contribution in [3.63, 3.8) is 0 Å². The summed E-state index contributed by atoms with van der Waals surface area (Å²) in [4.78, 5) is 14.3. The van der Waals surface area contributed by atoms with E-state index in [2.05, 4.69) is 5.32 Å². The number of carbonyl (C=O) groups excluding carboxylic acids is 1. The number of likely N-dealkylation sites (N-methyl/N-ethyl adjacent to an activating group) is 1. The summed E-state index contributed by atoms with van der Waals surface area (Å²) < 4.78 is 38.8. The highest BCUT2D eigenvalue weighted by Crippen LogP contribution is 2.27. The summed E-state index contributed by atoms with van der Waals surface area (Å²) >= 11 is 6.02. The lowest BCUT2D eigenvalue weighted by Gasteiger charge is -2.24. The van der Waals surface area contributed by atoms with Crippen molar-refractivity contribution in [2.24, 2.45) is 0 Å². The number of nitrogens with zero attached hydrogens (tertiary/aromatic N) is 2. The second-order valence-electron chi connectivity index (χ2n) is 6.64. The van der Waals surface area contributed by atoms with E-state index in [1.54, 1.807) is 37.1 Å². The topological polar surface area (TPSA) is 69.7 Å². The maximum Gasteiger partial charge on any atom is 0.244 e. The molecule has 0 bridgehead atoms. The average molecular weight is 428 g/mol. The molecule has 1 N–H and O–H groups in total. The highest BCUT2D eigenvalue weighted by Gasteiger charge is 2.23. The van der Waals surface area contributed by atoms with E-state index in [0.717, 1.165) is 9.87 Å². The third-order valence-corrected chi connectivity index (χ3v) is 6.64. The molecule has 2 aromatic rings. The van der Waals surface area contributed by atoms with Crippen LogP contribution in [0, 0.1) is 5.82 Å². The molecular formula is C19H23ClFN3O3S. The normalized spacial score (nSPS) is 13.0. The molecule has 2 rings (SSSR count). The maximum absolute atomic E-state index is 13.0. The van der Waals surface area contributed by atoms with Gasteiger partial charge in [-0.3, -0.25) is 9.69 Å². The predicted octanol–water partition coefficient (Wildman–Crippen LogP) is 3.19. The standard InChI is InChI=1S/C19H23ClFN3O3S/c1-13(24(4)12-14-5-7-15(21)8-6-14)19(25)22-16-9-10-17(20)18(11-16)28(26,27)23(2)3/h5-11,13H,12H2,1-4H3,(H,22,25). The molecule has 1 atom stereocenters. The summed E-state index contributed by atoms with van der Waals surface area (Å²) in [6.45, 7) is 2.18. The molecule has 0 aliphatic heterocycles. The first-order valence-corrected chi connectivity index (χ1v) is 10.3. The smallest absolute Gasteiger partial charge is 0.244 e. The van der Waals surface area contributed by atoms with Crippen LogP contribution in [-0.4, -0.2) is 50.7 Å². The molecule has 9 heteroatoms. The van der Waals surface area contributed by atoms with Crippen LogP contribution in [0.15, 0.2) is 47.4 Å². The van der Waals surface area contributed by atoms with Gasteiger partial charge in [-0.15, -0.1) is 0 Å². The van der Waals surface area contributed by atoms with Crippen molar-refractivity contribution < 1.29 is 17.6 Å². The third kappa shape index (κ3) is 5.29. The van der Waals surface area contributed by atoms with E-state index in [9.17, 15) is 17.6 Å². The fourth-order valence-corrected chi connectivity index (χ4v) is 3.83. The zero-order valence-electron chi connectivity index (χ0n) is 16.1. The molecule has 0 aliphatic rings. The van der Waals surface area contributed by atoms with Crippen molar-refractivity contribution in [2.75, 3.05) is 26.5 Å². The molecule has 6 nitrogen and oxygen atoms in total. The van der Waals surface area contributed by atoms with Crippen LogP contribution in [0.4, 0.5) is 10.1 Å². The Morgan fingerprint density at radius 2 is 1.75 bits per heavy atom. The van der Waals surface area contributed by atoms with Crippen molar-refractivity contribution in [1.29, 1.82) is 0 Å². The van der Waals surface area contributed by atoms with Gasteiger partial charge in [-0.05, 0) is 49.9 Å². The Morgan fingerprint density at radius 1 is 1.14 bits per heavy atom. The Kier molecular flexibility index (Phi) is 7.16. The SMILES string of the molecule is CC(C(=O)Nc1ccc(Cl)c(S(=O)(=O)N(C)C)c1)N(C)Cc1ccc(F)cc1. The van der Waals surface area contributed by atoms with Gasteiger partial charge in [0.1, 0.15) is 10.7 Å². The molecule has 2 aromatic carbocycles. The molecule has 1 unspecified atom stereocenters. The third-order valence-electron chi connectivity index (χ3n) is 4.34. The zero-order chi connectivity index (χ0) is 21.1. The van der Waals surface area contributed by atoms with Crippen LogP contribution in [0.25, 0.3) is 0 Å². The highest BCUT2D eigenvalue weighted by atomic mass is 35.5. The van der Waals surface area contributed by atoms with E-state index in [-0.39, 0.29) is 21.6 Å². The first-order chi connectivity index (χ1) is 13.0. The molecule has 0 saturated heterocycles. The minimum Gasteiger partial charge on any atom is -0.325 e. The predicted molar refractivity (Wildman–Crippen MR) is 108 cm³/mol. The number of benzene rings is 2. The first-order valence-electron chi connectivity index (χ1n) is 8.50. The van der Waals surface area contributed by atoms with E-state index in [4.69, 9.17) is 11.6 Å². The average Bonchev–Trinajstić information content (AvgIpc) is 2.64. The van der Waals surface area contributed by atoms with Crippen LogP contribution in [-0.2, 0) is 21.4 Å². The van der Waals surface area contributed by atoms with Gasteiger partial charge >= 0.3 is 0 Å². The molecule has 0 aromatic heterocycles. The number of rotatable bonds is 7. The van der Waals surface area contributed by atoms with E-state index in [1.165, 1.54) is 38.4 Å². The van der Waals surface area contributed by atoms with E-state index >= 15 is 0 Å². The van der Waals surface area contributed by atoms with Crippen LogP contribution < -0.4 is 5.32 Å². The van der Waals surface area contributed by atoms with Gasteiger partial charge in [-0.1, -0.05) is 23.7 Å². The van der Waals surface area contributed by atoms with Crippen molar-refractivity contribution >= 4 is 33.2 Å². The minimum absolute atomic E-state index is 0.0770. The Labute approximate surface area is 170 Å². The van der Waals surface area contributed by atoms with Gasteiger partial charge < -0.3 is 5.32 Å². The summed E-state index contributed by atoms with van der Waals surface area (Å²) in [5, 5.41) is 2.79. The lowest BCUT2D eigenvalue weighted by molar-refractivity contribution is -0.120. The second kappa shape index (κ2) is 9.00. The molecule has 0 saturated carbocycles. The number of hydrogen-bond acceptors (Lipinski definition) is 4. The highest BCUT2D eigenvalue weighted by molar-refractivity contribution is 7.89. The number of carbonyl (C=O) groups is 1. The zero-order valence-corrected chi connectivity index (χ0v) is 17.7. The first kappa shape index (κ1) is 22.3. The van der Waals surface area contributed by atoms with Crippen LogP contribution in [0.2, 0.25) is 5.02 Å². The molecule has 1 amide bonds. The van der Waals surface area contributed by atoms with Gasteiger partial charge in [0.05, 0.1) is 11.1 Å². The monoisotopic (exact) mass is 427 g/mol. The van der Waals surface area contributed by atoms with Crippen LogP contribution >= 0.6 is 11.6 Å². The van der Waals surface area contributed by atoms with Crippen LogP contribution in [0.3, 0.4) is 0 Å². The number of halogens is 2. The van der Waals surface area contributed by atoms with E-state index in [1.807, 2.05) is 0 Å². The Morgan fingerprint density at radius 3 is 2.32 bits per heavy atom. The fraction of sp³-hybridized carbons (Fsp3) is 0.316. The molecule has 0 heterocycles. The minimum atomic E-state index is -3.74. The molecule has 0 radical (unpaired) electrons. The molecule has 28 heavy (non-hydrogen) atoms. The van der Waals surface area contributed by atoms with Gasteiger partial charge in [0, 0.05) is 26.3 Å². The van der Waals surface area contributed by atoms with Gasteiger partial charge in [-0.2, -0.15) is 0 Å². The van der Waals surface area contributed by atoms with Gasteiger partial charge in [0.2, 0.25) is 15.9 Å². The molecular weight excluding hydrogens is 405 g/mol. The maximum atomic E-state index is 13.0. The number of amides is 1. The Hall–Kier alpha value is -2.00. The summed E-state index contributed by atoms with van der Waals surface area (Å²) in [6.07, 6.45) is 0. The second-order valence-corrected chi connectivity index (χ2v) is 9.17. The van der Waals surface area contributed by atoms with Crippen molar-refractivity contribution in [1.82, 2.24) is 9.21 Å². The molecule has 0 fully saturated rings. The van der Waals surface area contributed by atoms with Crippen LogP contribution in [0.5, 0.6) is 0 Å². The van der Waals surface area contributed by atoms with Gasteiger partial charge in [-0.25, -0.2) is 17.1 Å². The fourth-order valence-electron chi connectivity index (χ4n) is 2.44. The number of nitrogens with one attached hydrogen (secondary N) is 1. The molecule has 0 spiro atoms. The van der Waals surface area contributed by atoms with Crippen molar-refractivity contribution in [3.8, 4) is 0 Å². The van der Waals surface area contributed by atoms with Crippen LogP contribution in [0.1, 0.15) is 12.5 Å². The Bertz CT molecular complexity index is 949. The Balaban J connectivity index is 2.12. The number of hydrogen-bond donors (Lipinski definition) is 1. The largest absolute Gasteiger partial charge is 0.325 e.